The fraction of sp³-hybridized carbons (Fsp3) is 0.100. The number of fused-ring (bicyclic) bond motifs is 5. The summed E-state index contributed by atoms with van der Waals surface area (Å²) in [4.78, 5) is 0. The van der Waals surface area contributed by atoms with Crippen LogP contribution in [0.25, 0.3) is 39.1 Å². The summed E-state index contributed by atoms with van der Waals surface area (Å²) in [6, 6.07) is 16.7. The fourth-order valence-corrected chi connectivity index (χ4v) is 3.86. The van der Waals surface area contributed by atoms with Crippen LogP contribution < -0.4 is 0 Å². The van der Waals surface area contributed by atoms with E-state index >= 15 is 0 Å². The van der Waals surface area contributed by atoms with Crippen LogP contribution in [0.15, 0.2) is 54.6 Å². The second kappa shape index (κ2) is 4.07. The first-order chi connectivity index (χ1) is 10.8. The van der Waals surface area contributed by atoms with Crippen molar-refractivity contribution in [1.82, 2.24) is 0 Å². The van der Waals surface area contributed by atoms with Crippen molar-refractivity contribution in [1.29, 1.82) is 0 Å². The summed E-state index contributed by atoms with van der Waals surface area (Å²) in [5, 5.41) is 22.6. The first kappa shape index (κ1) is 12.2. The molecule has 2 atom stereocenters. The monoisotopic (exact) mass is 286 g/mol. The van der Waals surface area contributed by atoms with E-state index in [2.05, 4.69) is 36.4 Å². The predicted octanol–water partition coefficient (Wildman–Crippen LogP) is 3.91. The number of aliphatic hydroxyl groups excluding tert-OH is 2. The molecule has 3 aromatic carbocycles. The Balaban J connectivity index is 1.98. The zero-order chi connectivity index (χ0) is 14.8. The number of hydrogen-bond acceptors (Lipinski definition) is 2. The molecule has 2 N–H and O–H groups in total. The van der Waals surface area contributed by atoms with E-state index in [1.807, 2.05) is 18.2 Å². The number of aliphatic hydroxyl groups is 2. The molecule has 2 aliphatic carbocycles. The largest absolute Gasteiger partial charge is 0.386 e. The van der Waals surface area contributed by atoms with Gasteiger partial charge in [-0.1, -0.05) is 54.6 Å². The fourth-order valence-electron chi connectivity index (χ4n) is 3.86. The van der Waals surface area contributed by atoms with Crippen LogP contribution in [0.1, 0.15) is 17.2 Å². The van der Waals surface area contributed by atoms with Crippen molar-refractivity contribution < 1.29 is 10.2 Å². The predicted molar refractivity (Wildman–Crippen MR) is 88.4 cm³/mol. The number of hydrogen-bond donors (Lipinski definition) is 2. The van der Waals surface area contributed by atoms with E-state index in [1.165, 1.54) is 27.6 Å². The smallest absolute Gasteiger partial charge is 0.110 e. The molecule has 5 rings (SSSR count). The SMILES string of the molecule is O[C@H]1C=Cc2cc3c4c(cccc4c2[C@@H]1O)-c1ccccc1-3. The van der Waals surface area contributed by atoms with E-state index in [0.29, 0.717) is 0 Å². The van der Waals surface area contributed by atoms with E-state index in [-0.39, 0.29) is 0 Å². The minimum absolute atomic E-state index is 0.836. The van der Waals surface area contributed by atoms with Crippen LogP contribution in [-0.2, 0) is 0 Å². The average Bonchev–Trinajstić information content (AvgIpc) is 2.87. The van der Waals surface area contributed by atoms with E-state index in [1.54, 1.807) is 6.08 Å². The van der Waals surface area contributed by atoms with Gasteiger partial charge in [0.1, 0.15) is 12.2 Å². The lowest BCUT2D eigenvalue weighted by Crippen LogP contribution is -2.19. The van der Waals surface area contributed by atoms with Gasteiger partial charge in [-0.25, -0.2) is 0 Å². The number of rotatable bonds is 0. The third-order valence-electron chi connectivity index (χ3n) is 4.83. The average molecular weight is 286 g/mol. The van der Waals surface area contributed by atoms with E-state index in [4.69, 9.17) is 0 Å². The standard InChI is InChI=1S/C20H14O2/c21-17-9-8-11-10-16-13-5-2-1-4-12(13)14-6-3-7-15(19(14)16)18(11)20(17)22/h1-10,17,20-22H/t17-,20+/m0/s1. The Hall–Kier alpha value is -2.42. The summed E-state index contributed by atoms with van der Waals surface area (Å²) in [5.41, 5.74) is 6.74. The van der Waals surface area contributed by atoms with Crippen molar-refractivity contribution in [3.05, 3.63) is 65.7 Å². The highest BCUT2D eigenvalue weighted by Gasteiger charge is 2.29. The van der Waals surface area contributed by atoms with Crippen molar-refractivity contribution in [3.63, 3.8) is 0 Å². The molecule has 22 heavy (non-hydrogen) atoms. The van der Waals surface area contributed by atoms with Gasteiger partial charge in [0.25, 0.3) is 0 Å². The van der Waals surface area contributed by atoms with Crippen LogP contribution in [0.3, 0.4) is 0 Å². The maximum absolute atomic E-state index is 10.4. The lowest BCUT2D eigenvalue weighted by atomic mass is 9.86. The van der Waals surface area contributed by atoms with Crippen LogP contribution in [0, 0.1) is 0 Å². The Morgan fingerprint density at radius 2 is 1.50 bits per heavy atom. The molecule has 106 valence electrons. The van der Waals surface area contributed by atoms with E-state index in [9.17, 15) is 10.2 Å². The van der Waals surface area contributed by atoms with Crippen molar-refractivity contribution in [3.8, 4) is 22.3 Å². The third-order valence-corrected chi connectivity index (χ3v) is 4.83. The molecule has 2 heteroatoms. The van der Waals surface area contributed by atoms with Crippen LogP contribution >= 0.6 is 0 Å². The molecule has 0 unspecified atom stereocenters. The van der Waals surface area contributed by atoms with Gasteiger partial charge in [-0.2, -0.15) is 0 Å². The van der Waals surface area contributed by atoms with Gasteiger partial charge in [-0.05, 0) is 50.2 Å². The molecule has 0 saturated heterocycles. The maximum atomic E-state index is 10.4. The highest BCUT2D eigenvalue weighted by atomic mass is 16.3. The molecule has 0 amide bonds. The Morgan fingerprint density at radius 3 is 2.32 bits per heavy atom. The lowest BCUT2D eigenvalue weighted by molar-refractivity contribution is 0.0480. The van der Waals surface area contributed by atoms with Gasteiger partial charge in [0.15, 0.2) is 0 Å². The van der Waals surface area contributed by atoms with Gasteiger partial charge < -0.3 is 10.2 Å². The molecule has 0 aromatic heterocycles. The summed E-state index contributed by atoms with van der Waals surface area (Å²) in [7, 11) is 0. The van der Waals surface area contributed by atoms with Crippen LogP contribution in [0.4, 0.5) is 0 Å². The van der Waals surface area contributed by atoms with Crippen molar-refractivity contribution in [2.24, 2.45) is 0 Å². The minimum Gasteiger partial charge on any atom is -0.386 e. The van der Waals surface area contributed by atoms with E-state index < -0.39 is 12.2 Å². The third kappa shape index (κ3) is 1.36. The van der Waals surface area contributed by atoms with Crippen molar-refractivity contribution >= 4 is 16.8 Å². The summed E-state index contributed by atoms with van der Waals surface area (Å²) >= 11 is 0. The molecule has 2 aliphatic rings. The van der Waals surface area contributed by atoms with E-state index in [0.717, 1.165) is 16.5 Å². The topological polar surface area (TPSA) is 40.5 Å². The molecular weight excluding hydrogens is 272 g/mol. The molecule has 0 heterocycles. The van der Waals surface area contributed by atoms with Gasteiger partial charge in [-0.3, -0.25) is 0 Å². The Kier molecular flexibility index (Phi) is 2.25. The molecule has 0 bridgehead atoms. The quantitative estimate of drug-likeness (QED) is 0.514. The second-order valence-corrected chi connectivity index (χ2v) is 6.00. The molecular formula is C20H14O2. The van der Waals surface area contributed by atoms with Crippen LogP contribution in [-0.4, -0.2) is 16.3 Å². The van der Waals surface area contributed by atoms with Gasteiger partial charge >= 0.3 is 0 Å². The zero-order valence-electron chi connectivity index (χ0n) is 11.8. The highest BCUT2D eigenvalue weighted by Crippen LogP contribution is 2.50. The van der Waals surface area contributed by atoms with Gasteiger partial charge in [0.2, 0.25) is 0 Å². The number of benzene rings is 3. The van der Waals surface area contributed by atoms with Gasteiger partial charge in [0, 0.05) is 0 Å². The summed E-state index contributed by atoms with van der Waals surface area (Å²) < 4.78 is 0. The van der Waals surface area contributed by atoms with Crippen LogP contribution in [0.5, 0.6) is 0 Å². The molecule has 0 spiro atoms. The zero-order valence-corrected chi connectivity index (χ0v) is 11.8. The summed E-state index contributed by atoms with van der Waals surface area (Å²) in [6.45, 7) is 0. The first-order valence-electron chi connectivity index (χ1n) is 7.49. The molecule has 2 nitrogen and oxygen atoms in total. The Labute approximate surface area is 128 Å². The Bertz CT molecular complexity index is 969. The Morgan fingerprint density at radius 1 is 0.773 bits per heavy atom. The molecule has 0 saturated carbocycles. The minimum atomic E-state index is -0.868. The molecule has 0 fully saturated rings. The summed E-state index contributed by atoms with van der Waals surface area (Å²) in [5.74, 6) is 0. The first-order valence-corrected chi connectivity index (χ1v) is 7.49. The molecule has 0 aliphatic heterocycles. The lowest BCUT2D eigenvalue weighted by Gasteiger charge is -2.24. The normalized spacial score (nSPS) is 21.0. The van der Waals surface area contributed by atoms with Crippen molar-refractivity contribution in [2.45, 2.75) is 12.2 Å². The van der Waals surface area contributed by atoms with Gasteiger partial charge in [-0.15, -0.1) is 0 Å². The molecule has 0 radical (unpaired) electrons. The van der Waals surface area contributed by atoms with Gasteiger partial charge in [0.05, 0.1) is 0 Å². The molecule has 3 aromatic rings. The van der Waals surface area contributed by atoms with Crippen LogP contribution in [0.2, 0.25) is 0 Å². The highest BCUT2D eigenvalue weighted by molar-refractivity contribution is 6.17. The summed E-state index contributed by atoms with van der Waals surface area (Å²) in [6.07, 6.45) is 1.87. The second-order valence-electron chi connectivity index (χ2n) is 6.00. The maximum Gasteiger partial charge on any atom is 0.110 e. The van der Waals surface area contributed by atoms with Crippen molar-refractivity contribution in [2.75, 3.05) is 0 Å².